The predicted octanol–water partition coefficient (Wildman–Crippen LogP) is 4.35. The summed E-state index contributed by atoms with van der Waals surface area (Å²) < 4.78 is 5.45. The van der Waals surface area contributed by atoms with E-state index < -0.39 is 11.9 Å². The summed E-state index contributed by atoms with van der Waals surface area (Å²) in [6, 6.07) is 6.93. The van der Waals surface area contributed by atoms with Crippen molar-refractivity contribution in [2.24, 2.45) is 0 Å². The Bertz CT molecular complexity index is 868. The number of rotatable bonds is 5. The summed E-state index contributed by atoms with van der Waals surface area (Å²) in [7, 11) is 0. The number of carbonyl (C=O) groups is 2. The first-order valence-electron chi connectivity index (χ1n) is 8.60. The average molecular weight is 405 g/mol. The first-order valence-corrected chi connectivity index (χ1v) is 9.35. The lowest BCUT2D eigenvalue weighted by atomic mass is 10.1. The van der Waals surface area contributed by atoms with Crippen LogP contribution in [0, 0.1) is 12.3 Å². The van der Waals surface area contributed by atoms with Crippen molar-refractivity contribution >= 4 is 40.7 Å². The third-order valence-electron chi connectivity index (χ3n) is 4.54. The van der Waals surface area contributed by atoms with Gasteiger partial charge in [-0.15, -0.1) is 6.42 Å². The van der Waals surface area contributed by atoms with E-state index in [4.69, 9.17) is 34.0 Å². The van der Waals surface area contributed by atoms with Crippen LogP contribution in [0.3, 0.4) is 0 Å². The number of benzene rings is 1. The SMILES string of the molecule is C#CC(=O)N(c1ccc(Cl)c(Cl)c1)[C@H](C(=O)NC1CCCC1)c1ccco1. The average Bonchev–Trinajstić information content (AvgIpc) is 3.35. The van der Waals surface area contributed by atoms with Gasteiger partial charge in [-0.1, -0.05) is 36.0 Å². The molecule has 1 heterocycles. The highest BCUT2D eigenvalue weighted by Crippen LogP contribution is 2.33. The molecule has 0 saturated heterocycles. The molecule has 140 valence electrons. The Kier molecular flexibility index (Phi) is 6.10. The normalized spacial score (nSPS) is 15.1. The second kappa shape index (κ2) is 8.51. The number of nitrogens with one attached hydrogen (secondary N) is 1. The molecule has 1 fully saturated rings. The summed E-state index contributed by atoms with van der Waals surface area (Å²) in [6.45, 7) is 0. The predicted molar refractivity (Wildman–Crippen MR) is 105 cm³/mol. The van der Waals surface area contributed by atoms with Crippen molar-refractivity contribution in [3.05, 3.63) is 52.4 Å². The first-order chi connectivity index (χ1) is 13.0. The van der Waals surface area contributed by atoms with Crippen LogP contribution >= 0.6 is 23.2 Å². The van der Waals surface area contributed by atoms with Gasteiger partial charge in [0.25, 0.3) is 5.91 Å². The molecule has 1 N–H and O–H groups in total. The zero-order chi connectivity index (χ0) is 19.4. The highest BCUT2D eigenvalue weighted by Gasteiger charge is 2.35. The molecule has 7 heteroatoms. The van der Waals surface area contributed by atoms with E-state index in [1.807, 2.05) is 0 Å². The number of hydrogen-bond donors (Lipinski definition) is 1. The Hall–Kier alpha value is -2.42. The molecular formula is C20H18Cl2N2O3. The maximum atomic E-state index is 13.1. The quantitative estimate of drug-likeness (QED) is 0.753. The van der Waals surface area contributed by atoms with E-state index in [2.05, 4.69) is 11.2 Å². The standard InChI is InChI=1S/C20H18Cl2N2O3/c1-2-18(25)24(14-9-10-15(21)16(22)12-14)19(17-8-5-11-27-17)20(26)23-13-6-3-4-7-13/h1,5,8-13,19H,3-4,6-7H2,(H,23,26)/t19-/m0/s1. The van der Waals surface area contributed by atoms with Gasteiger partial charge in [0.1, 0.15) is 5.76 Å². The Morgan fingerprint density at radius 2 is 1.96 bits per heavy atom. The molecule has 5 nitrogen and oxygen atoms in total. The highest BCUT2D eigenvalue weighted by atomic mass is 35.5. The number of nitrogens with zero attached hydrogens (tertiary/aromatic N) is 1. The third-order valence-corrected chi connectivity index (χ3v) is 5.28. The molecule has 0 unspecified atom stereocenters. The zero-order valence-corrected chi connectivity index (χ0v) is 16.0. The zero-order valence-electron chi connectivity index (χ0n) is 14.5. The molecule has 0 radical (unpaired) electrons. The smallest absolute Gasteiger partial charge is 0.303 e. The number of terminal acetylenes is 1. The number of hydrogen-bond acceptors (Lipinski definition) is 3. The van der Waals surface area contributed by atoms with Crippen molar-refractivity contribution in [2.75, 3.05) is 4.90 Å². The van der Waals surface area contributed by atoms with Crippen LogP contribution in [-0.4, -0.2) is 17.9 Å². The van der Waals surface area contributed by atoms with Crippen molar-refractivity contribution < 1.29 is 14.0 Å². The summed E-state index contributed by atoms with van der Waals surface area (Å²) in [4.78, 5) is 26.9. The van der Waals surface area contributed by atoms with Crippen LogP contribution in [0.4, 0.5) is 5.69 Å². The van der Waals surface area contributed by atoms with Crippen LogP contribution in [0.15, 0.2) is 41.0 Å². The van der Waals surface area contributed by atoms with E-state index in [-0.39, 0.29) is 17.0 Å². The molecule has 3 rings (SSSR count). The summed E-state index contributed by atoms with van der Waals surface area (Å²) >= 11 is 12.1. The van der Waals surface area contributed by atoms with E-state index in [1.165, 1.54) is 17.2 Å². The van der Waals surface area contributed by atoms with Gasteiger partial charge in [-0.05, 0) is 49.1 Å². The van der Waals surface area contributed by atoms with Crippen molar-refractivity contribution in [1.82, 2.24) is 5.32 Å². The molecule has 1 aromatic carbocycles. The minimum atomic E-state index is -1.05. The summed E-state index contributed by atoms with van der Waals surface area (Å²) in [6.07, 6.45) is 10.8. The number of furan rings is 1. The largest absolute Gasteiger partial charge is 0.467 e. The minimum Gasteiger partial charge on any atom is -0.467 e. The maximum absolute atomic E-state index is 13.1. The van der Waals surface area contributed by atoms with Crippen LogP contribution in [0.2, 0.25) is 10.0 Å². The molecule has 1 aromatic heterocycles. The molecule has 1 aliphatic carbocycles. The van der Waals surface area contributed by atoms with Crippen molar-refractivity contribution in [3.63, 3.8) is 0 Å². The van der Waals surface area contributed by atoms with Gasteiger partial charge in [-0.3, -0.25) is 14.5 Å². The molecule has 2 amide bonds. The molecule has 0 bridgehead atoms. The molecular weight excluding hydrogens is 387 g/mol. The molecule has 0 spiro atoms. The van der Waals surface area contributed by atoms with E-state index in [1.54, 1.807) is 24.3 Å². The van der Waals surface area contributed by atoms with E-state index in [0.29, 0.717) is 16.5 Å². The lowest BCUT2D eigenvalue weighted by molar-refractivity contribution is -0.126. The number of amides is 2. The lowest BCUT2D eigenvalue weighted by Crippen LogP contribution is -2.46. The van der Waals surface area contributed by atoms with E-state index in [9.17, 15) is 9.59 Å². The fourth-order valence-corrected chi connectivity index (χ4v) is 3.55. The van der Waals surface area contributed by atoms with E-state index in [0.717, 1.165) is 25.7 Å². The Balaban J connectivity index is 2.02. The summed E-state index contributed by atoms with van der Waals surface area (Å²) in [5, 5.41) is 3.58. The fourth-order valence-electron chi connectivity index (χ4n) is 3.26. The van der Waals surface area contributed by atoms with Crippen LogP contribution in [0.5, 0.6) is 0 Å². The Morgan fingerprint density at radius 3 is 2.56 bits per heavy atom. The molecule has 1 atom stereocenters. The van der Waals surface area contributed by atoms with Crippen molar-refractivity contribution in [1.29, 1.82) is 0 Å². The van der Waals surface area contributed by atoms with Gasteiger partial charge >= 0.3 is 5.91 Å². The van der Waals surface area contributed by atoms with Gasteiger partial charge in [0.05, 0.1) is 16.3 Å². The van der Waals surface area contributed by atoms with Gasteiger partial charge in [-0.25, -0.2) is 0 Å². The van der Waals surface area contributed by atoms with Gasteiger partial charge in [0.2, 0.25) is 0 Å². The summed E-state index contributed by atoms with van der Waals surface area (Å²) in [5.41, 5.74) is 0.357. The van der Waals surface area contributed by atoms with Crippen LogP contribution < -0.4 is 10.2 Å². The van der Waals surface area contributed by atoms with Gasteiger partial charge in [0.15, 0.2) is 6.04 Å². The monoisotopic (exact) mass is 404 g/mol. The third kappa shape index (κ3) is 4.29. The number of anilines is 1. The summed E-state index contributed by atoms with van der Waals surface area (Å²) in [5.74, 6) is 1.34. The van der Waals surface area contributed by atoms with Crippen LogP contribution in [0.1, 0.15) is 37.5 Å². The van der Waals surface area contributed by atoms with Gasteiger partial charge < -0.3 is 9.73 Å². The molecule has 27 heavy (non-hydrogen) atoms. The van der Waals surface area contributed by atoms with E-state index >= 15 is 0 Å². The Morgan fingerprint density at radius 1 is 1.22 bits per heavy atom. The second-order valence-corrected chi connectivity index (χ2v) is 7.14. The Labute approximate surface area is 167 Å². The van der Waals surface area contributed by atoms with Crippen molar-refractivity contribution in [2.45, 2.75) is 37.8 Å². The van der Waals surface area contributed by atoms with Crippen LogP contribution in [-0.2, 0) is 9.59 Å². The molecule has 2 aromatic rings. The lowest BCUT2D eigenvalue weighted by Gasteiger charge is -2.29. The fraction of sp³-hybridized carbons (Fsp3) is 0.300. The topological polar surface area (TPSA) is 62.6 Å². The maximum Gasteiger partial charge on any atom is 0.303 e. The molecule has 1 saturated carbocycles. The highest BCUT2D eigenvalue weighted by molar-refractivity contribution is 6.42. The minimum absolute atomic E-state index is 0.0755. The number of halogens is 2. The molecule has 1 aliphatic rings. The number of carbonyl (C=O) groups excluding carboxylic acids is 2. The second-order valence-electron chi connectivity index (χ2n) is 6.33. The van der Waals surface area contributed by atoms with Gasteiger partial charge in [-0.2, -0.15) is 0 Å². The molecule has 0 aliphatic heterocycles. The van der Waals surface area contributed by atoms with Crippen molar-refractivity contribution in [3.8, 4) is 12.3 Å². The van der Waals surface area contributed by atoms with Gasteiger partial charge in [0, 0.05) is 11.7 Å². The van der Waals surface area contributed by atoms with Crippen LogP contribution in [0.25, 0.3) is 0 Å². The first kappa shape index (κ1) is 19.3.